The van der Waals surface area contributed by atoms with Crippen LogP contribution in [-0.4, -0.2) is 31.5 Å². The predicted octanol–water partition coefficient (Wildman–Crippen LogP) is 4.11. The summed E-state index contributed by atoms with van der Waals surface area (Å²) in [6.07, 6.45) is 5.15. The fraction of sp³-hybridized carbons (Fsp3) is 0.286. The second kappa shape index (κ2) is 7.08. The maximum atomic E-state index is 11.6. The van der Waals surface area contributed by atoms with Crippen molar-refractivity contribution in [3.8, 4) is 16.9 Å². The summed E-state index contributed by atoms with van der Waals surface area (Å²) in [4.78, 5) is 4.23. The van der Waals surface area contributed by atoms with Crippen LogP contribution >= 0.6 is 0 Å². The van der Waals surface area contributed by atoms with Gasteiger partial charge in [-0.1, -0.05) is 30.3 Å². The number of pyridine rings is 1. The van der Waals surface area contributed by atoms with E-state index in [1.807, 2.05) is 42.6 Å². The summed E-state index contributed by atoms with van der Waals surface area (Å²) in [7, 11) is -2.82. The fourth-order valence-corrected chi connectivity index (χ4v) is 5.48. The van der Waals surface area contributed by atoms with Crippen LogP contribution in [0.15, 0.2) is 60.9 Å². The maximum Gasteiger partial charge on any atom is 0.150 e. The van der Waals surface area contributed by atoms with Crippen molar-refractivity contribution in [2.75, 3.05) is 18.1 Å². The van der Waals surface area contributed by atoms with Crippen LogP contribution in [-0.2, 0) is 9.84 Å². The molecule has 0 amide bonds. The van der Waals surface area contributed by atoms with E-state index in [0.717, 1.165) is 40.5 Å². The SMILES string of the molecule is O=S1(=O)CCC(CCOc2cc(-c3cccnc3)c3ccccc3c2)C1. The molecule has 1 fully saturated rings. The van der Waals surface area contributed by atoms with Gasteiger partial charge in [0.25, 0.3) is 0 Å². The van der Waals surface area contributed by atoms with Crippen molar-refractivity contribution in [1.29, 1.82) is 0 Å². The number of rotatable bonds is 5. The fourth-order valence-electron chi connectivity index (χ4n) is 3.57. The Morgan fingerprint density at radius 2 is 2.00 bits per heavy atom. The van der Waals surface area contributed by atoms with Crippen LogP contribution in [0.25, 0.3) is 21.9 Å². The number of ether oxygens (including phenoxy) is 1. The highest BCUT2D eigenvalue weighted by Crippen LogP contribution is 2.33. The van der Waals surface area contributed by atoms with E-state index in [1.165, 1.54) is 0 Å². The molecule has 3 aromatic rings. The highest BCUT2D eigenvalue weighted by atomic mass is 32.2. The van der Waals surface area contributed by atoms with E-state index in [9.17, 15) is 8.42 Å². The Balaban J connectivity index is 1.56. The number of hydrogen-bond acceptors (Lipinski definition) is 4. The number of aromatic nitrogens is 1. The number of fused-ring (bicyclic) bond motifs is 1. The Morgan fingerprint density at radius 1 is 1.12 bits per heavy atom. The van der Waals surface area contributed by atoms with E-state index in [2.05, 4.69) is 17.1 Å². The van der Waals surface area contributed by atoms with Crippen molar-refractivity contribution < 1.29 is 13.2 Å². The second-order valence-corrected chi connectivity index (χ2v) is 9.07. The Bertz CT molecular complexity index is 1020. The largest absolute Gasteiger partial charge is 0.494 e. The first-order chi connectivity index (χ1) is 12.6. The van der Waals surface area contributed by atoms with Gasteiger partial charge in [-0.3, -0.25) is 4.98 Å². The average Bonchev–Trinajstić information content (AvgIpc) is 3.00. The second-order valence-electron chi connectivity index (χ2n) is 6.84. The third-order valence-electron chi connectivity index (χ3n) is 4.93. The van der Waals surface area contributed by atoms with E-state index in [-0.39, 0.29) is 5.92 Å². The van der Waals surface area contributed by atoms with E-state index >= 15 is 0 Å². The lowest BCUT2D eigenvalue weighted by molar-refractivity contribution is 0.286. The monoisotopic (exact) mass is 367 g/mol. The van der Waals surface area contributed by atoms with Gasteiger partial charge in [0.05, 0.1) is 18.1 Å². The number of sulfone groups is 1. The van der Waals surface area contributed by atoms with Gasteiger partial charge >= 0.3 is 0 Å². The predicted molar refractivity (Wildman–Crippen MR) is 104 cm³/mol. The molecule has 0 N–H and O–H groups in total. The number of nitrogens with zero attached hydrogens (tertiary/aromatic N) is 1. The molecule has 2 aromatic carbocycles. The molecule has 0 radical (unpaired) electrons. The van der Waals surface area contributed by atoms with Crippen molar-refractivity contribution in [3.63, 3.8) is 0 Å². The van der Waals surface area contributed by atoms with Crippen molar-refractivity contribution >= 4 is 20.6 Å². The molecule has 1 saturated heterocycles. The quantitative estimate of drug-likeness (QED) is 0.681. The smallest absolute Gasteiger partial charge is 0.150 e. The van der Waals surface area contributed by atoms with Crippen LogP contribution in [0.1, 0.15) is 12.8 Å². The van der Waals surface area contributed by atoms with Crippen LogP contribution in [0.2, 0.25) is 0 Å². The molecular weight excluding hydrogens is 346 g/mol. The number of benzene rings is 2. The minimum absolute atomic E-state index is 0.221. The van der Waals surface area contributed by atoms with Gasteiger partial charge < -0.3 is 4.74 Å². The molecule has 1 unspecified atom stereocenters. The van der Waals surface area contributed by atoms with Gasteiger partial charge in [-0.25, -0.2) is 8.42 Å². The molecule has 4 nitrogen and oxygen atoms in total. The summed E-state index contributed by atoms with van der Waals surface area (Å²) >= 11 is 0. The first-order valence-corrected chi connectivity index (χ1v) is 10.7. The lowest BCUT2D eigenvalue weighted by Crippen LogP contribution is -2.09. The zero-order valence-corrected chi connectivity index (χ0v) is 15.3. The molecule has 0 bridgehead atoms. The van der Waals surface area contributed by atoms with E-state index in [4.69, 9.17) is 4.74 Å². The molecule has 1 aliphatic rings. The Hall–Kier alpha value is -2.40. The van der Waals surface area contributed by atoms with Crippen molar-refractivity contribution in [1.82, 2.24) is 4.98 Å². The van der Waals surface area contributed by atoms with Crippen LogP contribution in [0.3, 0.4) is 0 Å². The summed E-state index contributed by atoms with van der Waals surface area (Å²) in [5.74, 6) is 1.65. The van der Waals surface area contributed by atoms with E-state index in [1.54, 1.807) is 6.20 Å². The van der Waals surface area contributed by atoms with E-state index < -0.39 is 9.84 Å². The highest BCUT2D eigenvalue weighted by Gasteiger charge is 2.27. The van der Waals surface area contributed by atoms with Crippen LogP contribution < -0.4 is 4.74 Å². The molecule has 0 spiro atoms. The van der Waals surface area contributed by atoms with Crippen LogP contribution in [0.5, 0.6) is 5.75 Å². The maximum absolute atomic E-state index is 11.6. The van der Waals surface area contributed by atoms with Gasteiger partial charge in [-0.2, -0.15) is 0 Å². The van der Waals surface area contributed by atoms with Gasteiger partial charge in [-0.15, -0.1) is 0 Å². The summed E-state index contributed by atoms with van der Waals surface area (Å²) in [6, 6.07) is 16.3. The van der Waals surface area contributed by atoms with Gasteiger partial charge in [0, 0.05) is 18.0 Å². The minimum Gasteiger partial charge on any atom is -0.494 e. The van der Waals surface area contributed by atoms with Crippen LogP contribution in [0, 0.1) is 5.92 Å². The third-order valence-corrected chi connectivity index (χ3v) is 6.77. The van der Waals surface area contributed by atoms with E-state index in [0.29, 0.717) is 18.1 Å². The van der Waals surface area contributed by atoms with Crippen LogP contribution in [0.4, 0.5) is 0 Å². The Morgan fingerprint density at radius 3 is 2.77 bits per heavy atom. The average molecular weight is 367 g/mol. The molecule has 134 valence electrons. The molecule has 0 aliphatic carbocycles. The highest BCUT2D eigenvalue weighted by molar-refractivity contribution is 7.91. The molecule has 26 heavy (non-hydrogen) atoms. The molecule has 1 aromatic heterocycles. The third kappa shape index (κ3) is 3.73. The van der Waals surface area contributed by atoms with Gasteiger partial charge in [0.2, 0.25) is 0 Å². The Kier molecular flexibility index (Phi) is 4.64. The molecule has 5 heteroatoms. The molecular formula is C21H21NO3S. The lowest BCUT2D eigenvalue weighted by Gasteiger charge is -2.13. The molecule has 1 atom stereocenters. The summed E-state index contributed by atoms with van der Waals surface area (Å²) in [6.45, 7) is 0.533. The molecule has 0 saturated carbocycles. The summed E-state index contributed by atoms with van der Waals surface area (Å²) in [5, 5.41) is 2.28. The zero-order chi connectivity index (χ0) is 18.0. The number of hydrogen-bond donors (Lipinski definition) is 0. The van der Waals surface area contributed by atoms with Gasteiger partial charge in [0.15, 0.2) is 9.84 Å². The summed E-state index contributed by atoms with van der Waals surface area (Å²) in [5.41, 5.74) is 2.14. The van der Waals surface area contributed by atoms with Gasteiger partial charge in [-0.05, 0) is 53.3 Å². The van der Waals surface area contributed by atoms with Crippen molar-refractivity contribution in [2.45, 2.75) is 12.8 Å². The molecule has 1 aliphatic heterocycles. The van der Waals surface area contributed by atoms with Crippen molar-refractivity contribution in [3.05, 3.63) is 60.9 Å². The lowest BCUT2D eigenvalue weighted by atomic mass is 9.99. The topological polar surface area (TPSA) is 56.3 Å². The Labute approximate surface area is 153 Å². The first kappa shape index (κ1) is 17.0. The zero-order valence-electron chi connectivity index (χ0n) is 14.5. The van der Waals surface area contributed by atoms with Gasteiger partial charge in [0.1, 0.15) is 5.75 Å². The summed E-state index contributed by atoms with van der Waals surface area (Å²) < 4.78 is 29.1. The normalized spacial score (nSPS) is 18.8. The minimum atomic E-state index is -2.82. The first-order valence-electron chi connectivity index (χ1n) is 8.87. The van der Waals surface area contributed by atoms with Crippen molar-refractivity contribution in [2.24, 2.45) is 5.92 Å². The standard InChI is InChI=1S/C21H21NO3S/c23-26(24)11-8-16(15-26)7-10-25-19-12-17-4-1-2-6-20(17)21(13-19)18-5-3-9-22-14-18/h1-6,9,12-14,16H,7-8,10-11,15H2. The molecule has 4 rings (SSSR count). The molecule has 2 heterocycles.